The molecule has 0 spiro atoms. The third kappa shape index (κ3) is 16.2. The SMILES string of the molecule is CCCC[N+](C)(C)Cc1cn(CCN(CCOCC(=O)ON2C(=O)CCC2=O)c2ccc(C3=C(O)C(C)C3[O-])c([O-])c2)nn1.O=C1NCc2ccc(cc2)CNC(=O)c2cccc(n2)C(=O)NCc2ccc(cc2)CNC(=O)c2cccc1n2. The topological polar surface area (TPSA) is 315 Å². The Kier molecular flexibility index (Phi) is 20.3. The number of nitrogens with zero attached hydrogens (tertiary/aromatic N) is 8. The minimum atomic E-state index is -1.16. The minimum Gasteiger partial charge on any atom is -0.872 e. The van der Waals surface area contributed by atoms with Gasteiger partial charge in [0.05, 0.1) is 45.7 Å². The average molecular weight is 1150 g/mol. The van der Waals surface area contributed by atoms with Crippen LogP contribution in [0.25, 0.3) is 5.57 Å². The molecule has 2 unspecified atom stereocenters. The zero-order chi connectivity index (χ0) is 59.9. The van der Waals surface area contributed by atoms with Crippen LogP contribution in [0.4, 0.5) is 5.69 Å². The molecular formula is C60H67N12O12-. The Morgan fingerprint density at radius 2 is 1.21 bits per heavy atom. The van der Waals surface area contributed by atoms with Crippen LogP contribution in [0.5, 0.6) is 5.75 Å². The maximum absolute atomic E-state index is 13.0. The van der Waals surface area contributed by atoms with E-state index in [1.54, 1.807) is 60.1 Å². The first-order chi connectivity index (χ1) is 40.3. The molecule has 8 bridgehead atoms. The molecule has 440 valence electrons. The summed E-state index contributed by atoms with van der Waals surface area (Å²) in [5, 5.41) is 55.8. The van der Waals surface area contributed by atoms with Crippen molar-refractivity contribution in [3.8, 4) is 5.75 Å². The molecule has 0 radical (unpaired) electrons. The van der Waals surface area contributed by atoms with Crippen molar-refractivity contribution in [3.63, 3.8) is 0 Å². The molecule has 3 aromatic heterocycles. The third-order valence-corrected chi connectivity index (χ3v) is 14.2. The molecule has 24 nitrogen and oxygen atoms in total. The predicted molar refractivity (Wildman–Crippen MR) is 300 cm³/mol. The van der Waals surface area contributed by atoms with Gasteiger partial charge in [0.1, 0.15) is 41.6 Å². The number of amides is 6. The van der Waals surface area contributed by atoms with Gasteiger partial charge in [-0.15, -0.1) is 10.2 Å². The van der Waals surface area contributed by atoms with Gasteiger partial charge < -0.3 is 55.5 Å². The molecule has 1 saturated heterocycles. The van der Waals surface area contributed by atoms with Gasteiger partial charge in [-0.1, -0.05) is 104 Å². The van der Waals surface area contributed by atoms with Crippen LogP contribution in [0.15, 0.2) is 115 Å². The van der Waals surface area contributed by atoms with Crippen LogP contribution in [0.3, 0.4) is 0 Å². The van der Waals surface area contributed by atoms with Gasteiger partial charge in [0, 0.05) is 63.7 Å². The molecule has 5 aliphatic heterocycles. The van der Waals surface area contributed by atoms with E-state index >= 15 is 0 Å². The highest BCUT2D eigenvalue weighted by atomic mass is 16.7. The Bertz CT molecular complexity index is 3160. The Balaban J connectivity index is 0.000000220. The van der Waals surface area contributed by atoms with E-state index in [4.69, 9.17) is 9.57 Å². The number of rotatable bonds is 16. The number of hydrogen-bond acceptors (Lipinski definition) is 17. The van der Waals surface area contributed by atoms with E-state index in [9.17, 15) is 48.9 Å². The number of hydroxylamine groups is 2. The maximum atomic E-state index is 13.0. The maximum Gasteiger partial charge on any atom is 0.358 e. The number of unbranched alkanes of at least 4 members (excludes halogenated alkanes) is 1. The summed E-state index contributed by atoms with van der Waals surface area (Å²) in [6.07, 6.45) is 2.98. The molecule has 84 heavy (non-hydrogen) atoms. The van der Waals surface area contributed by atoms with Gasteiger partial charge in [-0.3, -0.25) is 33.4 Å². The number of aromatic nitrogens is 5. The van der Waals surface area contributed by atoms with E-state index in [0.717, 1.165) is 58.4 Å². The number of anilines is 1. The molecular weight excluding hydrogens is 1080 g/mol. The molecule has 6 amide bonds. The number of carbonyl (C=O) groups is 7. The van der Waals surface area contributed by atoms with E-state index < -0.39 is 60.0 Å². The number of carbonyl (C=O) groups excluding carboxylic acids is 7. The number of pyridine rings is 2. The highest BCUT2D eigenvalue weighted by molar-refractivity contribution is 6.01. The number of benzene rings is 3. The number of ether oxygens (including phenoxy) is 1. The lowest BCUT2D eigenvalue weighted by Crippen LogP contribution is -2.43. The summed E-state index contributed by atoms with van der Waals surface area (Å²) in [5.74, 6) is -4.59. The molecule has 8 heterocycles. The number of aliphatic hydroxyl groups excluding tert-OH is 1. The summed E-state index contributed by atoms with van der Waals surface area (Å²) in [6, 6.07) is 28.8. The number of nitrogens with one attached hydrogen (secondary N) is 4. The number of quaternary nitrogens is 1. The summed E-state index contributed by atoms with van der Waals surface area (Å²) in [7, 11) is 4.32. The first kappa shape index (κ1) is 60.7. The molecule has 1 aliphatic carbocycles. The smallest absolute Gasteiger partial charge is 0.358 e. The van der Waals surface area contributed by atoms with E-state index in [0.29, 0.717) is 23.8 Å². The van der Waals surface area contributed by atoms with E-state index in [1.807, 2.05) is 59.6 Å². The summed E-state index contributed by atoms with van der Waals surface area (Å²) >= 11 is 0. The average Bonchev–Trinajstić information content (AvgIpc) is 4.21. The summed E-state index contributed by atoms with van der Waals surface area (Å²) in [4.78, 5) is 101. The van der Waals surface area contributed by atoms with Crippen molar-refractivity contribution in [3.05, 3.63) is 171 Å². The molecule has 1 fully saturated rings. The zero-order valence-electron chi connectivity index (χ0n) is 47.2. The summed E-state index contributed by atoms with van der Waals surface area (Å²) in [5.41, 5.74) is 5.70. The van der Waals surface area contributed by atoms with E-state index in [2.05, 4.69) is 62.6 Å². The molecule has 3 aromatic carbocycles. The van der Waals surface area contributed by atoms with Gasteiger partial charge in [-0.2, -0.15) is 0 Å². The van der Waals surface area contributed by atoms with Crippen LogP contribution in [0, 0.1) is 5.92 Å². The molecule has 24 heteroatoms. The summed E-state index contributed by atoms with van der Waals surface area (Å²) in [6.45, 7) is 7.31. The second kappa shape index (κ2) is 28.1. The van der Waals surface area contributed by atoms with Crippen molar-refractivity contribution in [1.29, 1.82) is 0 Å². The van der Waals surface area contributed by atoms with Gasteiger partial charge in [-0.25, -0.2) is 14.8 Å². The number of imide groups is 1. The van der Waals surface area contributed by atoms with Crippen molar-refractivity contribution in [2.24, 2.45) is 5.92 Å². The fourth-order valence-electron chi connectivity index (χ4n) is 9.26. The van der Waals surface area contributed by atoms with Crippen LogP contribution in [-0.2, 0) is 63.2 Å². The quantitative estimate of drug-likeness (QED) is 0.0528. The standard InChI is InChI=1S/C30H42N6O8.C30H26N6O4/c1-5-6-14-36(3,4)18-21-17-34(32-31-21)12-11-33(13-15-43-19-27(40)44-35-25(38)9-10-26(35)39)22-7-8-23(24(37)16-22)28-29(41)20(2)30(28)42;37-27-23-3-1-4-24(35-23)28(38)32-16-20-9-13-22(14-10-20)18-34-30(40)26-6-2-5-25(36-26)29(39)33-17-21-11-7-19(8-12-21)15-31-27/h7-8,16-17,20,29,37,42H,5-6,9-15,18-19H2,1-4H3;1-14H,15-18H2,(H,31,37)(H,32,38)(H,33,39)(H,34,40)/p-1. The Morgan fingerprint density at radius 3 is 1.67 bits per heavy atom. The zero-order valence-corrected chi connectivity index (χ0v) is 47.2. The lowest BCUT2D eigenvalue weighted by molar-refractivity contribution is -0.904. The largest absolute Gasteiger partial charge is 0.872 e. The second-order valence-corrected chi connectivity index (χ2v) is 21.1. The predicted octanol–water partition coefficient (Wildman–Crippen LogP) is 3.02. The summed E-state index contributed by atoms with van der Waals surface area (Å²) < 4.78 is 8.00. The number of hydrogen-bond donors (Lipinski definition) is 5. The minimum absolute atomic E-state index is 0.00314. The van der Waals surface area contributed by atoms with Gasteiger partial charge in [0.25, 0.3) is 35.4 Å². The van der Waals surface area contributed by atoms with Crippen molar-refractivity contribution in [2.75, 3.05) is 51.8 Å². The van der Waals surface area contributed by atoms with Gasteiger partial charge in [0.2, 0.25) is 0 Å². The lowest BCUT2D eigenvalue weighted by Gasteiger charge is -2.43. The highest BCUT2D eigenvalue weighted by Crippen LogP contribution is 2.41. The van der Waals surface area contributed by atoms with Crippen LogP contribution in [0.2, 0.25) is 0 Å². The molecule has 12 rings (SSSR count). The fourth-order valence-corrected chi connectivity index (χ4v) is 9.26. The number of aliphatic hydroxyl groups is 1. The molecule has 0 saturated carbocycles. The monoisotopic (exact) mass is 1150 g/mol. The van der Waals surface area contributed by atoms with Crippen LogP contribution in [-0.4, -0.2) is 134 Å². The first-order valence-corrected chi connectivity index (χ1v) is 27.6. The normalized spacial score (nSPS) is 16.7. The fraction of sp³-hybridized carbons (Fsp3) is 0.350. The first-order valence-electron chi connectivity index (χ1n) is 27.6. The molecule has 5 N–H and O–H groups in total. The van der Waals surface area contributed by atoms with E-state index in [1.165, 1.54) is 6.07 Å². The third-order valence-electron chi connectivity index (χ3n) is 14.2. The van der Waals surface area contributed by atoms with E-state index in [-0.39, 0.29) is 97.6 Å². The lowest BCUT2D eigenvalue weighted by atomic mass is 9.78. The van der Waals surface area contributed by atoms with Crippen molar-refractivity contribution < 1.29 is 62.9 Å². The van der Waals surface area contributed by atoms with Gasteiger partial charge in [-0.05, 0) is 76.2 Å². The second-order valence-electron chi connectivity index (χ2n) is 21.1. The molecule has 6 aromatic rings. The van der Waals surface area contributed by atoms with Crippen molar-refractivity contribution in [2.45, 2.75) is 84.9 Å². The Hall–Kier alpha value is -9.39. The molecule has 6 aliphatic rings. The van der Waals surface area contributed by atoms with Crippen molar-refractivity contribution in [1.82, 2.24) is 51.3 Å². The van der Waals surface area contributed by atoms with Crippen LogP contribution in [0.1, 0.15) is 115 Å². The Morgan fingerprint density at radius 1 is 0.726 bits per heavy atom. The van der Waals surface area contributed by atoms with Gasteiger partial charge in [0.15, 0.2) is 0 Å². The van der Waals surface area contributed by atoms with Crippen molar-refractivity contribution >= 4 is 52.7 Å². The van der Waals surface area contributed by atoms with Gasteiger partial charge >= 0.3 is 5.97 Å². The highest BCUT2D eigenvalue weighted by Gasteiger charge is 2.33. The Labute approximate surface area is 485 Å². The van der Waals surface area contributed by atoms with Crippen LogP contribution >= 0.6 is 0 Å². The molecule has 2 atom stereocenters. The van der Waals surface area contributed by atoms with Crippen LogP contribution < -0.4 is 36.4 Å².